The van der Waals surface area contributed by atoms with Crippen molar-refractivity contribution in [2.24, 2.45) is 0 Å². The van der Waals surface area contributed by atoms with Gasteiger partial charge in [-0.2, -0.15) is 0 Å². The number of ether oxygens (including phenoxy) is 2. The fourth-order valence-corrected chi connectivity index (χ4v) is 2.09. The lowest BCUT2D eigenvalue weighted by Gasteiger charge is -2.14. The number of methoxy groups -OCH3 is 2. The molecule has 0 saturated heterocycles. The Bertz CT molecular complexity index is 641. The van der Waals surface area contributed by atoms with Crippen LogP contribution in [-0.2, 0) is 9.47 Å². The van der Waals surface area contributed by atoms with Gasteiger partial charge in [-0.3, -0.25) is 0 Å². The van der Waals surface area contributed by atoms with Gasteiger partial charge in [-0.15, -0.1) is 0 Å². The van der Waals surface area contributed by atoms with Crippen LogP contribution < -0.4 is 10.6 Å². The van der Waals surface area contributed by atoms with Gasteiger partial charge in [0.05, 0.1) is 43.4 Å². The number of esters is 2. The molecule has 0 atom stereocenters. The normalized spacial score (nSPS) is 9.83. The van der Waals surface area contributed by atoms with Crippen molar-refractivity contribution in [2.45, 2.75) is 0 Å². The van der Waals surface area contributed by atoms with Gasteiger partial charge in [-0.05, 0) is 24.3 Å². The van der Waals surface area contributed by atoms with Gasteiger partial charge in [0, 0.05) is 0 Å². The third kappa shape index (κ3) is 4.00. The minimum atomic E-state index is -0.414. The summed E-state index contributed by atoms with van der Waals surface area (Å²) in [5.74, 6) is -0.828. The first-order valence-electron chi connectivity index (χ1n) is 6.99. The molecule has 6 nitrogen and oxygen atoms in total. The van der Waals surface area contributed by atoms with Crippen LogP contribution in [0.2, 0.25) is 0 Å². The van der Waals surface area contributed by atoms with Gasteiger partial charge >= 0.3 is 11.9 Å². The Kier molecular flexibility index (Phi) is 5.57. The summed E-state index contributed by atoms with van der Waals surface area (Å²) in [6.07, 6.45) is 0. The second kappa shape index (κ2) is 7.84. The van der Waals surface area contributed by atoms with Crippen LogP contribution in [0.4, 0.5) is 11.4 Å². The molecular weight excluding hydrogens is 296 g/mol. The zero-order chi connectivity index (χ0) is 16.7. The minimum Gasteiger partial charge on any atom is -0.465 e. The number of para-hydroxylation sites is 2. The zero-order valence-corrected chi connectivity index (χ0v) is 13.0. The maximum absolute atomic E-state index is 11.7. The molecule has 0 fully saturated rings. The van der Waals surface area contributed by atoms with Crippen LogP contribution in [0.3, 0.4) is 0 Å². The van der Waals surface area contributed by atoms with E-state index < -0.39 is 11.9 Å². The highest BCUT2D eigenvalue weighted by atomic mass is 16.5. The standard InChI is InChI=1S/C17H18N2O4/c1-22-16(20)12-7-3-5-9-14(12)18-11-19-15-10-6-4-8-13(15)17(21)23-2/h3-10,18-19H,11H2,1-2H3. The Morgan fingerprint density at radius 2 is 1.17 bits per heavy atom. The van der Waals surface area contributed by atoms with Crippen LogP contribution in [0, 0.1) is 0 Å². The molecule has 0 radical (unpaired) electrons. The number of rotatable bonds is 6. The molecule has 23 heavy (non-hydrogen) atoms. The molecule has 0 saturated carbocycles. The topological polar surface area (TPSA) is 76.7 Å². The lowest BCUT2D eigenvalue weighted by molar-refractivity contribution is 0.0593. The monoisotopic (exact) mass is 314 g/mol. The van der Waals surface area contributed by atoms with Crippen molar-refractivity contribution < 1.29 is 19.1 Å². The molecule has 0 bridgehead atoms. The number of hydrogen-bond acceptors (Lipinski definition) is 6. The minimum absolute atomic E-state index is 0.321. The smallest absolute Gasteiger partial charge is 0.339 e. The highest BCUT2D eigenvalue weighted by Crippen LogP contribution is 2.18. The summed E-state index contributed by atoms with van der Waals surface area (Å²) in [6.45, 7) is 0.321. The maximum Gasteiger partial charge on any atom is 0.339 e. The van der Waals surface area contributed by atoms with Gasteiger partial charge in [0.25, 0.3) is 0 Å². The van der Waals surface area contributed by atoms with Crippen molar-refractivity contribution in [1.82, 2.24) is 0 Å². The van der Waals surface area contributed by atoms with E-state index in [2.05, 4.69) is 10.6 Å². The molecule has 0 amide bonds. The van der Waals surface area contributed by atoms with E-state index in [9.17, 15) is 9.59 Å². The highest BCUT2D eigenvalue weighted by molar-refractivity contribution is 5.96. The first-order chi connectivity index (χ1) is 11.2. The summed E-state index contributed by atoms with van der Waals surface area (Å²) in [7, 11) is 2.67. The van der Waals surface area contributed by atoms with E-state index in [1.165, 1.54) is 14.2 Å². The van der Waals surface area contributed by atoms with Crippen molar-refractivity contribution in [1.29, 1.82) is 0 Å². The molecule has 0 heterocycles. The Morgan fingerprint density at radius 1 is 0.783 bits per heavy atom. The van der Waals surface area contributed by atoms with Gasteiger partial charge in [-0.25, -0.2) is 9.59 Å². The maximum atomic E-state index is 11.7. The number of carbonyl (C=O) groups is 2. The molecule has 0 aliphatic rings. The number of carbonyl (C=O) groups excluding carboxylic acids is 2. The second-order valence-electron chi connectivity index (χ2n) is 4.60. The van der Waals surface area contributed by atoms with Gasteiger partial charge in [-0.1, -0.05) is 24.3 Å². The van der Waals surface area contributed by atoms with Crippen LogP contribution in [0.1, 0.15) is 20.7 Å². The Hall–Kier alpha value is -3.02. The third-order valence-corrected chi connectivity index (χ3v) is 3.22. The molecule has 2 aromatic carbocycles. The Balaban J connectivity index is 2.07. The van der Waals surface area contributed by atoms with Gasteiger partial charge in [0.2, 0.25) is 0 Å². The molecule has 2 N–H and O–H groups in total. The van der Waals surface area contributed by atoms with Crippen LogP contribution in [0.25, 0.3) is 0 Å². The summed E-state index contributed by atoms with van der Waals surface area (Å²) in [6, 6.07) is 14.1. The molecule has 0 aliphatic carbocycles. The van der Waals surface area contributed by atoms with Crippen molar-refractivity contribution in [2.75, 3.05) is 31.5 Å². The molecular formula is C17H18N2O4. The lowest BCUT2D eigenvalue weighted by Crippen LogP contribution is -2.16. The summed E-state index contributed by atoms with van der Waals surface area (Å²) in [5, 5.41) is 6.19. The molecule has 2 rings (SSSR count). The van der Waals surface area contributed by atoms with E-state index >= 15 is 0 Å². The van der Waals surface area contributed by atoms with E-state index in [0.29, 0.717) is 29.2 Å². The fourth-order valence-electron chi connectivity index (χ4n) is 2.09. The predicted molar refractivity (Wildman–Crippen MR) is 87.7 cm³/mol. The number of anilines is 2. The van der Waals surface area contributed by atoms with E-state index in [4.69, 9.17) is 9.47 Å². The molecule has 0 spiro atoms. The van der Waals surface area contributed by atoms with E-state index in [1.54, 1.807) is 36.4 Å². The van der Waals surface area contributed by atoms with Crippen LogP contribution >= 0.6 is 0 Å². The lowest BCUT2D eigenvalue weighted by atomic mass is 10.1. The summed E-state index contributed by atoms with van der Waals surface area (Å²) < 4.78 is 9.49. The van der Waals surface area contributed by atoms with Gasteiger partial charge in [0.1, 0.15) is 0 Å². The van der Waals surface area contributed by atoms with E-state index in [-0.39, 0.29) is 0 Å². The van der Waals surface area contributed by atoms with Gasteiger partial charge < -0.3 is 20.1 Å². The van der Waals surface area contributed by atoms with E-state index in [0.717, 1.165) is 0 Å². The Labute approximate surface area is 134 Å². The summed E-state index contributed by atoms with van der Waals surface area (Å²) in [5.41, 5.74) is 2.17. The average molecular weight is 314 g/mol. The largest absolute Gasteiger partial charge is 0.465 e. The molecule has 0 aromatic heterocycles. The van der Waals surface area contributed by atoms with Crippen molar-refractivity contribution in [3.63, 3.8) is 0 Å². The summed E-state index contributed by atoms with van der Waals surface area (Å²) >= 11 is 0. The molecule has 6 heteroatoms. The Morgan fingerprint density at radius 3 is 1.57 bits per heavy atom. The molecule has 0 unspecified atom stereocenters. The van der Waals surface area contributed by atoms with Crippen molar-refractivity contribution in [3.8, 4) is 0 Å². The van der Waals surface area contributed by atoms with Crippen LogP contribution in [0.5, 0.6) is 0 Å². The quantitative estimate of drug-likeness (QED) is 0.631. The second-order valence-corrected chi connectivity index (χ2v) is 4.60. The van der Waals surface area contributed by atoms with Crippen molar-refractivity contribution >= 4 is 23.3 Å². The predicted octanol–water partition coefficient (Wildman–Crippen LogP) is 2.74. The van der Waals surface area contributed by atoms with Crippen molar-refractivity contribution in [3.05, 3.63) is 59.7 Å². The van der Waals surface area contributed by atoms with Gasteiger partial charge in [0.15, 0.2) is 0 Å². The molecule has 2 aromatic rings. The first kappa shape index (κ1) is 16.4. The van der Waals surface area contributed by atoms with Crippen LogP contribution in [0.15, 0.2) is 48.5 Å². The first-order valence-corrected chi connectivity index (χ1v) is 6.99. The number of benzene rings is 2. The number of nitrogens with one attached hydrogen (secondary N) is 2. The molecule has 0 aliphatic heterocycles. The SMILES string of the molecule is COC(=O)c1ccccc1NCNc1ccccc1C(=O)OC. The third-order valence-electron chi connectivity index (χ3n) is 3.22. The molecule has 120 valence electrons. The fraction of sp³-hybridized carbons (Fsp3) is 0.176. The average Bonchev–Trinajstić information content (AvgIpc) is 2.61. The number of hydrogen-bond donors (Lipinski definition) is 2. The van der Waals surface area contributed by atoms with Crippen LogP contribution in [-0.4, -0.2) is 32.8 Å². The zero-order valence-electron chi connectivity index (χ0n) is 13.0. The summed E-state index contributed by atoms with van der Waals surface area (Å²) in [4.78, 5) is 23.4. The van der Waals surface area contributed by atoms with E-state index in [1.807, 2.05) is 12.1 Å². The highest BCUT2D eigenvalue weighted by Gasteiger charge is 2.12.